The maximum Gasteiger partial charge on any atom is 0.253 e. The van der Waals surface area contributed by atoms with Crippen LogP contribution >= 0.6 is 0 Å². The molecule has 2 aromatic rings. The van der Waals surface area contributed by atoms with Gasteiger partial charge in [0, 0.05) is 18.8 Å². The van der Waals surface area contributed by atoms with Gasteiger partial charge in [0.15, 0.2) is 0 Å². The lowest BCUT2D eigenvalue weighted by Gasteiger charge is -2.43. The second-order valence-corrected chi connectivity index (χ2v) is 7.20. The number of amides is 1. The zero-order valence-electron chi connectivity index (χ0n) is 15.3. The minimum Gasteiger partial charge on any atom is -0.465 e. The van der Waals surface area contributed by atoms with Gasteiger partial charge in [-0.05, 0) is 43.3 Å². The molecule has 0 bridgehead atoms. The van der Waals surface area contributed by atoms with Gasteiger partial charge in [0.05, 0.1) is 26.3 Å². The van der Waals surface area contributed by atoms with Crippen LogP contribution < -0.4 is 4.90 Å². The molecule has 1 spiro atoms. The Kier molecular flexibility index (Phi) is 4.99. The Hall–Kier alpha value is -2.22. The summed E-state index contributed by atoms with van der Waals surface area (Å²) in [6.45, 7) is 5.31. The molecule has 1 atom stereocenters. The van der Waals surface area contributed by atoms with Crippen LogP contribution in [0.15, 0.2) is 40.8 Å². The van der Waals surface area contributed by atoms with Crippen molar-refractivity contribution in [3.63, 3.8) is 0 Å². The molecular formula is C20H23FN2O4. The molecule has 0 aliphatic carbocycles. The van der Waals surface area contributed by atoms with E-state index >= 15 is 0 Å². The lowest BCUT2D eigenvalue weighted by atomic mass is 10.0. The van der Waals surface area contributed by atoms with Crippen molar-refractivity contribution in [3.8, 4) is 0 Å². The number of halogens is 1. The van der Waals surface area contributed by atoms with Gasteiger partial charge in [0.25, 0.3) is 5.91 Å². The summed E-state index contributed by atoms with van der Waals surface area (Å²) in [7, 11) is 0. The molecule has 3 heterocycles. The highest BCUT2D eigenvalue weighted by atomic mass is 19.1. The van der Waals surface area contributed by atoms with E-state index in [1.165, 1.54) is 12.1 Å². The molecule has 2 fully saturated rings. The number of aryl methyl sites for hydroxylation is 1. The Bertz CT molecular complexity index is 807. The second-order valence-electron chi connectivity index (χ2n) is 7.20. The average molecular weight is 374 g/mol. The minimum absolute atomic E-state index is 0.0194. The predicted octanol–water partition coefficient (Wildman–Crippen LogP) is 2.36. The van der Waals surface area contributed by atoms with Gasteiger partial charge in [-0.25, -0.2) is 4.39 Å². The summed E-state index contributed by atoms with van der Waals surface area (Å²) in [6, 6.07) is 9.88. The predicted molar refractivity (Wildman–Crippen MR) is 97.0 cm³/mol. The number of hydrogen-bond acceptors (Lipinski definition) is 5. The zero-order chi connectivity index (χ0) is 18.9. The Morgan fingerprint density at radius 2 is 1.96 bits per heavy atom. The fourth-order valence-electron chi connectivity index (χ4n) is 3.66. The van der Waals surface area contributed by atoms with Crippen LogP contribution in [0.25, 0.3) is 0 Å². The Morgan fingerprint density at radius 1 is 1.15 bits per heavy atom. The van der Waals surface area contributed by atoms with Crippen molar-refractivity contribution in [1.82, 2.24) is 4.90 Å². The van der Waals surface area contributed by atoms with Crippen molar-refractivity contribution in [2.45, 2.75) is 19.1 Å². The van der Waals surface area contributed by atoms with E-state index < -0.39 is 5.60 Å². The number of anilines is 1. The SMILES string of the molecule is Cc1ccc(CN2CCOC[C@]3(C2)CN(c2ccc(F)cc2)C(=O)CO3)o1. The Morgan fingerprint density at radius 3 is 2.70 bits per heavy atom. The van der Waals surface area contributed by atoms with Crippen molar-refractivity contribution < 1.29 is 23.1 Å². The van der Waals surface area contributed by atoms with E-state index in [9.17, 15) is 9.18 Å². The number of ether oxygens (including phenoxy) is 2. The van der Waals surface area contributed by atoms with Crippen molar-refractivity contribution >= 4 is 11.6 Å². The molecule has 2 aliphatic heterocycles. The Balaban J connectivity index is 1.52. The maximum absolute atomic E-state index is 13.2. The summed E-state index contributed by atoms with van der Waals surface area (Å²) in [5, 5.41) is 0. The normalized spacial score (nSPS) is 24.4. The van der Waals surface area contributed by atoms with E-state index in [0.717, 1.165) is 18.1 Å². The van der Waals surface area contributed by atoms with Crippen LogP contribution in [0, 0.1) is 12.7 Å². The molecule has 4 rings (SSSR count). The van der Waals surface area contributed by atoms with Crippen LogP contribution in [0.5, 0.6) is 0 Å². The van der Waals surface area contributed by atoms with E-state index in [1.807, 2.05) is 19.1 Å². The number of furan rings is 1. The highest BCUT2D eigenvalue weighted by Gasteiger charge is 2.43. The fraction of sp³-hybridized carbons (Fsp3) is 0.450. The van der Waals surface area contributed by atoms with E-state index in [1.54, 1.807) is 17.0 Å². The number of hydrogen-bond donors (Lipinski definition) is 0. The molecule has 27 heavy (non-hydrogen) atoms. The summed E-state index contributed by atoms with van der Waals surface area (Å²) in [4.78, 5) is 16.3. The first-order valence-electron chi connectivity index (χ1n) is 9.08. The van der Waals surface area contributed by atoms with Crippen LogP contribution in [-0.4, -0.2) is 55.9 Å². The molecule has 2 saturated heterocycles. The smallest absolute Gasteiger partial charge is 0.253 e. The number of nitrogens with zero attached hydrogens (tertiary/aromatic N) is 2. The first-order chi connectivity index (χ1) is 13.0. The van der Waals surface area contributed by atoms with Gasteiger partial charge in [-0.1, -0.05) is 0 Å². The van der Waals surface area contributed by atoms with Crippen molar-refractivity contribution in [3.05, 3.63) is 53.7 Å². The largest absolute Gasteiger partial charge is 0.465 e. The Labute approximate surface area is 157 Å². The summed E-state index contributed by atoms with van der Waals surface area (Å²) in [5.41, 5.74) is 0.0435. The van der Waals surface area contributed by atoms with E-state index in [2.05, 4.69) is 4.90 Å². The molecule has 1 aromatic heterocycles. The molecule has 144 valence electrons. The third-order valence-electron chi connectivity index (χ3n) is 4.99. The van der Waals surface area contributed by atoms with Crippen molar-refractivity contribution in [2.24, 2.45) is 0 Å². The molecule has 0 saturated carbocycles. The fourth-order valence-corrected chi connectivity index (χ4v) is 3.66. The molecule has 1 amide bonds. The number of morpholine rings is 1. The van der Waals surface area contributed by atoms with Crippen molar-refractivity contribution in [2.75, 3.05) is 44.4 Å². The maximum atomic E-state index is 13.2. The summed E-state index contributed by atoms with van der Waals surface area (Å²) in [6.07, 6.45) is 0. The minimum atomic E-state index is -0.625. The summed E-state index contributed by atoms with van der Waals surface area (Å²) in [5.74, 6) is 1.32. The summed E-state index contributed by atoms with van der Waals surface area (Å²) >= 11 is 0. The topological polar surface area (TPSA) is 55.2 Å². The third kappa shape index (κ3) is 4.05. The van der Waals surface area contributed by atoms with Gasteiger partial charge in [0.1, 0.15) is 29.5 Å². The highest BCUT2D eigenvalue weighted by molar-refractivity contribution is 5.95. The number of rotatable bonds is 3. The number of carbonyl (C=O) groups excluding carboxylic acids is 1. The molecule has 0 N–H and O–H groups in total. The lowest BCUT2D eigenvalue weighted by Crippen LogP contribution is -2.60. The average Bonchev–Trinajstić information content (AvgIpc) is 2.96. The molecule has 7 heteroatoms. The van der Waals surface area contributed by atoms with Gasteiger partial charge in [-0.15, -0.1) is 0 Å². The van der Waals surface area contributed by atoms with Gasteiger partial charge in [0.2, 0.25) is 0 Å². The molecular weight excluding hydrogens is 351 g/mol. The van der Waals surface area contributed by atoms with Gasteiger partial charge in [-0.3, -0.25) is 9.69 Å². The van der Waals surface area contributed by atoms with Crippen LogP contribution in [0.3, 0.4) is 0 Å². The van der Waals surface area contributed by atoms with Crippen LogP contribution in [0.4, 0.5) is 10.1 Å². The van der Waals surface area contributed by atoms with E-state index in [-0.39, 0.29) is 18.3 Å². The first-order valence-corrected chi connectivity index (χ1v) is 9.08. The standard InChI is InChI=1S/C20H23FN2O4/c1-15-2-7-18(27-15)10-22-8-9-25-14-20(12-22)13-23(19(24)11-26-20)17-5-3-16(21)4-6-17/h2-7H,8-14H2,1H3/t20-/m0/s1. The first kappa shape index (κ1) is 18.2. The molecule has 2 aliphatic rings. The number of carbonyl (C=O) groups is 1. The quantitative estimate of drug-likeness (QED) is 0.826. The monoisotopic (exact) mass is 374 g/mol. The van der Waals surface area contributed by atoms with Crippen LogP contribution in [0.2, 0.25) is 0 Å². The summed E-state index contributed by atoms with van der Waals surface area (Å²) < 4.78 is 30.7. The lowest BCUT2D eigenvalue weighted by molar-refractivity contribution is -0.146. The zero-order valence-corrected chi connectivity index (χ0v) is 15.3. The van der Waals surface area contributed by atoms with E-state index in [4.69, 9.17) is 13.9 Å². The molecule has 0 radical (unpaired) electrons. The molecule has 0 unspecified atom stereocenters. The molecule has 6 nitrogen and oxygen atoms in total. The second kappa shape index (κ2) is 7.42. The highest BCUT2D eigenvalue weighted by Crippen LogP contribution is 2.28. The molecule has 1 aromatic carbocycles. The van der Waals surface area contributed by atoms with Gasteiger partial charge in [-0.2, -0.15) is 0 Å². The number of benzene rings is 1. The van der Waals surface area contributed by atoms with Crippen molar-refractivity contribution in [1.29, 1.82) is 0 Å². The van der Waals surface area contributed by atoms with Crippen LogP contribution in [0.1, 0.15) is 11.5 Å². The van der Waals surface area contributed by atoms with Gasteiger partial charge < -0.3 is 18.8 Å². The van der Waals surface area contributed by atoms with Gasteiger partial charge >= 0.3 is 0 Å². The van der Waals surface area contributed by atoms with Crippen LogP contribution in [-0.2, 0) is 20.8 Å². The van der Waals surface area contributed by atoms with E-state index in [0.29, 0.717) is 38.5 Å². The third-order valence-corrected chi connectivity index (χ3v) is 4.99.